The third kappa shape index (κ3) is 6.05. The number of nitro groups is 1. The molecule has 0 unspecified atom stereocenters. The Bertz CT molecular complexity index is 1260. The van der Waals surface area contributed by atoms with Crippen molar-refractivity contribution in [2.75, 3.05) is 18.6 Å². The predicted octanol–water partition coefficient (Wildman–Crippen LogP) is 5.81. The van der Waals surface area contributed by atoms with Gasteiger partial charge in [-0.05, 0) is 42.8 Å². The number of aryl methyl sites for hydroxylation is 1. The van der Waals surface area contributed by atoms with Crippen LogP contribution in [0.4, 0.5) is 10.8 Å². The van der Waals surface area contributed by atoms with Gasteiger partial charge in [-0.1, -0.05) is 35.6 Å². The van der Waals surface area contributed by atoms with E-state index >= 15 is 0 Å². The van der Waals surface area contributed by atoms with Crippen LogP contribution in [0.15, 0.2) is 71.8 Å². The standard InChI is InChI=1S/C24H22N4O4S/c1-17-6-4-7-20(14-17)31-12-5-13-32-22-11-10-19(28(29)30)15-18(22)16-25-27-24-26-21-8-2-3-9-23(21)33-24/h2-4,6-11,14-16H,5,12-13H2,1H3,(H,26,27)/b25-16+. The highest BCUT2D eigenvalue weighted by atomic mass is 32.1. The highest BCUT2D eigenvalue weighted by Crippen LogP contribution is 2.26. The van der Waals surface area contributed by atoms with Crippen LogP contribution in [0, 0.1) is 17.0 Å². The minimum atomic E-state index is -0.447. The summed E-state index contributed by atoms with van der Waals surface area (Å²) < 4.78 is 12.6. The number of fused-ring (bicyclic) bond motifs is 1. The molecule has 8 nitrogen and oxygen atoms in total. The zero-order chi connectivity index (χ0) is 23.0. The van der Waals surface area contributed by atoms with Crippen LogP contribution in [0.3, 0.4) is 0 Å². The maximum absolute atomic E-state index is 11.2. The Labute approximate surface area is 194 Å². The van der Waals surface area contributed by atoms with Crippen LogP contribution in [-0.2, 0) is 0 Å². The van der Waals surface area contributed by atoms with Gasteiger partial charge < -0.3 is 9.47 Å². The van der Waals surface area contributed by atoms with Crippen LogP contribution in [0.2, 0.25) is 0 Å². The molecule has 0 saturated carbocycles. The minimum Gasteiger partial charge on any atom is -0.493 e. The van der Waals surface area contributed by atoms with Gasteiger partial charge in [0.1, 0.15) is 11.5 Å². The molecule has 0 aliphatic heterocycles. The summed E-state index contributed by atoms with van der Waals surface area (Å²) in [7, 11) is 0. The van der Waals surface area contributed by atoms with Gasteiger partial charge in [0.15, 0.2) is 0 Å². The average Bonchev–Trinajstić information content (AvgIpc) is 3.22. The van der Waals surface area contributed by atoms with Crippen molar-refractivity contribution in [1.82, 2.24) is 4.98 Å². The molecule has 0 spiro atoms. The topological polar surface area (TPSA) is 98.9 Å². The summed E-state index contributed by atoms with van der Waals surface area (Å²) in [4.78, 5) is 15.2. The van der Waals surface area contributed by atoms with E-state index in [1.807, 2.05) is 55.5 Å². The largest absolute Gasteiger partial charge is 0.493 e. The number of hydrogen-bond donors (Lipinski definition) is 1. The molecule has 0 aliphatic rings. The number of anilines is 1. The smallest absolute Gasteiger partial charge is 0.270 e. The van der Waals surface area contributed by atoms with Gasteiger partial charge in [-0.2, -0.15) is 5.10 Å². The number of hydrazone groups is 1. The summed E-state index contributed by atoms with van der Waals surface area (Å²) in [6, 6.07) is 20.1. The van der Waals surface area contributed by atoms with Gasteiger partial charge in [0.05, 0.1) is 34.6 Å². The predicted molar refractivity (Wildman–Crippen MR) is 131 cm³/mol. The first-order chi connectivity index (χ1) is 16.1. The maximum atomic E-state index is 11.2. The highest BCUT2D eigenvalue weighted by molar-refractivity contribution is 7.22. The second kappa shape index (κ2) is 10.6. The summed E-state index contributed by atoms with van der Waals surface area (Å²) in [5, 5.41) is 16.0. The summed E-state index contributed by atoms with van der Waals surface area (Å²) in [6.45, 7) is 2.91. The Hall–Kier alpha value is -3.98. The third-order valence-electron chi connectivity index (χ3n) is 4.67. The van der Waals surface area contributed by atoms with Gasteiger partial charge in [0.2, 0.25) is 5.13 Å². The number of para-hydroxylation sites is 1. The fraction of sp³-hybridized carbons (Fsp3) is 0.167. The number of nitro benzene ring substituents is 1. The van der Waals surface area contributed by atoms with Crippen molar-refractivity contribution >= 4 is 38.6 Å². The van der Waals surface area contributed by atoms with Gasteiger partial charge in [0, 0.05) is 24.1 Å². The number of hydrogen-bond acceptors (Lipinski definition) is 8. The third-order valence-corrected chi connectivity index (χ3v) is 5.61. The SMILES string of the molecule is Cc1cccc(OCCCOc2ccc([N+](=O)[O-])cc2/C=N/Nc2nc3ccccc3s2)c1. The molecule has 1 heterocycles. The van der Waals surface area contributed by atoms with Crippen molar-refractivity contribution in [2.45, 2.75) is 13.3 Å². The van der Waals surface area contributed by atoms with Gasteiger partial charge in [-0.3, -0.25) is 15.5 Å². The van der Waals surface area contributed by atoms with Gasteiger partial charge in [0.25, 0.3) is 5.69 Å². The van der Waals surface area contributed by atoms with Crippen molar-refractivity contribution in [3.05, 3.63) is 88.0 Å². The van der Waals surface area contributed by atoms with E-state index in [1.54, 1.807) is 6.07 Å². The molecular formula is C24H22N4O4S. The number of thiazole rings is 1. The summed E-state index contributed by atoms with van der Waals surface area (Å²) in [6.07, 6.45) is 2.16. The molecule has 0 atom stereocenters. The van der Waals surface area contributed by atoms with Crippen molar-refractivity contribution in [3.8, 4) is 11.5 Å². The Morgan fingerprint density at radius 2 is 1.94 bits per heavy atom. The Balaban J connectivity index is 1.37. The number of benzene rings is 3. The lowest BCUT2D eigenvalue weighted by molar-refractivity contribution is -0.384. The van der Waals surface area contributed by atoms with Gasteiger partial charge >= 0.3 is 0 Å². The fourth-order valence-corrected chi connectivity index (χ4v) is 3.91. The second-order valence-corrected chi connectivity index (χ2v) is 8.23. The van der Waals surface area contributed by atoms with Crippen molar-refractivity contribution < 1.29 is 14.4 Å². The van der Waals surface area contributed by atoms with E-state index < -0.39 is 4.92 Å². The average molecular weight is 463 g/mol. The molecule has 168 valence electrons. The van der Waals surface area contributed by atoms with E-state index in [-0.39, 0.29) is 5.69 Å². The first kappa shape index (κ1) is 22.2. The first-order valence-electron chi connectivity index (χ1n) is 10.3. The van der Waals surface area contributed by atoms with Crippen molar-refractivity contribution in [3.63, 3.8) is 0 Å². The molecule has 4 aromatic rings. The molecule has 0 amide bonds. The number of non-ortho nitro benzene ring substituents is 1. The van der Waals surface area contributed by atoms with E-state index in [4.69, 9.17) is 9.47 Å². The zero-order valence-electron chi connectivity index (χ0n) is 17.9. The molecule has 9 heteroatoms. The normalized spacial score (nSPS) is 11.1. The molecule has 1 aromatic heterocycles. The second-order valence-electron chi connectivity index (χ2n) is 7.20. The van der Waals surface area contributed by atoms with E-state index in [0.29, 0.717) is 36.1 Å². The Morgan fingerprint density at radius 3 is 2.76 bits per heavy atom. The van der Waals surface area contributed by atoms with Crippen molar-refractivity contribution in [2.24, 2.45) is 5.10 Å². The number of nitrogens with one attached hydrogen (secondary N) is 1. The van der Waals surface area contributed by atoms with Crippen LogP contribution in [0.1, 0.15) is 17.5 Å². The lowest BCUT2D eigenvalue weighted by atomic mass is 10.2. The first-order valence-corrected chi connectivity index (χ1v) is 11.2. The highest BCUT2D eigenvalue weighted by Gasteiger charge is 2.11. The van der Waals surface area contributed by atoms with Gasteiger partial charge in [-0.25, -0.2) is 4.98 Å². The molecule has 0 fully saturated rings. The summed E-state index contributed by atoms with van der Waals surface area (Å²) in [5.41, 5.74) is 5.37. The maximum Gasteiger partial charge on any atom is 0.270 e. The van der Waals surface area contributed by atoms with Crippen LogP contribution >= 0.6 is 11.3 Å². The summed E-state index contributed by atoms with van der Waals surface area (Å²) >= 11 is 1.47. The van der Waals surface area contributed by atoms with Crippen LogP contribution in [0.5, 0.6) is 11.5 Å². The molecule has 1 N–H and O–H groups in total. The van der Waals surface area contributed by atoms with Gasteiger partial charge in [-0.15, -0.1) is 0 Å². The van der Waals surface area contributed by atoms with E-state index in [2.05, 4.69) is 15.5 Å². The lowest BCUT2D eigenvalue weighted by Gasteiger charge is -2.10. The van der Waals surface area contributed by atoms with E-state index in [9.17, 15) is 10.1 Å². The van der Waals surface area contributed by atoms with Crippen LogP contribution in [-0.4, -0.2) is 29.3 Å². The number of aromatic nitrogens is 1. The van der Waals surface area contributed by atoms with E-state index in [0.717, 1.165) is 21.5 Å². The Kier molecular flexibility index (Phi) is 7.11. The van der Waals surface area contributed by atoms with Crippen LogP contribution < -0.4 is 14.9 Å². The summed E-state index contributed by atoms with van der Waals surface area (Å²) in [5.74, 6) is 1.32. The lowest BCUT2D eigenvalue weighted by Crippen LogP contribution is -2.06. The monoisotopic (exact) mass is 462 g/mol. The van der Waals surface area contributed by atoms with E-state index in [1.165, 1.54) is 29.7 Å². The molecule has 3 aromatic carbocycles. The minimum absolute atomic E-state index is 0.0356. The number of ether oxygens (including phenoxy) is 2. The zero-order valence-corrected chi connectivity index (χ0v) is 18.7. The fourth-order valence-electron chi connectivity index (χ4n) is 3.10. The number of nitrogens with zero attached hydrogens (tertiary/aromatic N) is 3. The number of rotatable bonds is 10. The molecule has 4 rings (SSSR count). The molecular weight excluding hydrogens is 440 g/mol. The Morgan fingerprint density at radius 1 is 1.09 bits per heavy atom. The molecule has 0 saturated heterocycles. The van der Waals surface area contributed by atoms with Crippen molar-refractivity contribution in [1.29, 1.82) is 0 Å². The molecule has 33 heavy (non-hydrogen) atoms. The molecule has 0 bridgehead atoms. The molecule has 0 aliphatic carbocycles. The quantitative estimate of drug-likeness (QED) is 0.138. The van der Waals surface area contributed by atoms with Crippen LogP contribution in [0.25, 0.3) is 10.2 Å². The molecule has 0 radical (unpaired) electrons.